The van der Waals surface area contributed by atoms with Gasteiger partial charge in [0.05, 0.1) is 6.54 Å². The van der Waals surface area contributed by atoms with Gasteiger partial charge >= 0.3 is 0 Å². The third-order valence-electron chi connectivity index (χ3n) is 5.05. The molecular formula is C21H30N4O4. The van der Waals surface area contributed by atoms with E-state index in [-0.39, 0.29) is 30.2 Å². The smallest absolute Gasteiger partial charge is 0.251 e. The molecule has 158 valence electrons. The normalized spacial score (nSPS) is 17.0. The number of carbonyl (C=O) groups excluding carboxylic acids is 4. The van der Waals surface area contributed by atoms with Crippen LogP contribution in [0.15, 0.2) is 24.3 Å². The third-order valence-corrected chi connectivity index (χ3v) is 5.05. The molecule has 0 aliphatic carbocycles. The van der Waals surface area contributed by atoms with Crippen LogP contribution in [0.5, 0.6) is 0 Å². The molecule has 8 heteroatoms. The Bertz CT molecular complexity index is 778. The van der Waals surface area contributed by atoms with Crippen LogP contribution in [0.3, 0.4) is 0 Å². The predicted molar refractivity (Wildman–Crippen MR) is 109 cm³/mol. The first kappa shape index (κ1) is 22.4. The van der Waals surface area contributed by atoms with Gasteiger partial charge < -0.3 is 20.9 Å². The first-order valence-corrected chi connectivity index (χ1v) is 9.91. The lowest BCUT2D eigenvalue weighted by Crippen LogP contribution is -2.53. The third kappa shape index (κ3) is 5.79. The Kier molecular flexibility index (Phi) is 7.75. The molecule has 1 aromatic rings. The molecule has 0 spiro atoms. The fourth-order valence-electron chi connectivity index (χ4n) is 3.42. The maximum atomic E-state index is 12.6. The van der Waals surface area contributed by atoms with Gasteiger partial charge in [-0.2, -0.15) is 0 Å². The van der Waals surface area contributed by atoms with E-state index >= 15 is 0 Å². The quantitative estimate of drug-likeness (QED) is 0.621. The first-order valence-electron chi connectivity index (χ1n) is 9.91. The highest BCUT2D eigenvalue weighted by Crippen LogP contribution is 2.17. The molecule has 4 amide bonds. The Morgan fingerprint density at radius 3 is 2.55 bits per heavy atom. The van der Waals surface area contributed by atoms with E-state index in [1.54, 1.807) is 18.2 Å². The predicted octanol–water partition coefficient (Wildman–Crippen LogP) is 0.603. The van der Waals surface area contributed by atoms with Gasteiger partial charge in [-0.25, -0.2) is 0 Å². The molecular weight excluding hydrogens is 372 g/mol. The lowest BCUT2D eigenvalue weighted by molar-refractivity contribution is -0.138. The van der Waals surface area contributed by atoms with Crippen molar-refractivity contribution >= 4 is 23.6 Å². The molecule has 2 atom stereocenters. The second kappa shape index (κ2) is 10.0. The number of benzene rings is 1. The summed E-state index contributed by atoms with van der Waals surface area (Å²) < 4.78 is 0. The van der Waals surface area contributed by atoms with Crippen LogP contribution in [-0.4, -0.2) is 60.7 Å². The highest BCUT2D eigenvalue weighted by molar-refractivity contribution is 5.98. The number of hydrogen-bond acceptors (Lipinski definition) is 4. The zero-order valence-corrected chi connectivity index (χ0v) is 17.5. The van der Waals surface area contributed by atoms with Crippen LogP contribution in [-0.2, 0) is 14.4 Å². The highest BCUT2D eigenvalue weighted by Gasteiger charge is 2.34. The van der Waals surface area contributed by atoms with E-state index in [0.29, 0.717) is 18.5 Å². The largest absolute Gasteiger partial charge is 0.357 e. The number of hydrogen-bond donors (Lipinski definition) is 3. The highest BCUT2D eigenvalue weighted by atomic mass is 16.2. The Balaban J connectivity index is 1.96. The number of aryl methyl sites for hydroxylation is 1. The van der Waals surface area contributed by atoms with Crippen LogP contribution < -0.4 is 16.0 Å². The second-order valence-electron chi connectivity index (χ2n) is 7.64. The fourth-order valence-corrected chi connectivity index (χ4v) is 3.42. The number of amides is 4. The van der Waals surface area contributed by atoms with Gasteiger partial charge in [0.1, 0.15) is 12.1 Å². The fraction of sp³-hybridized carbons (Fsp3) is 0.524. The van der Waals surface area contributed by atoms with E-state index in [0.717, 1.165) is 12.0 Å². The minimum Gasteiger partial charge on any atom is -0.357 e. The number of nitrogens with one attached hydrogen (secondary N) is 3. The van der Waals surface area contributed by atoms with Crippen molar-refractivity contribution < 1.29 is 19.2 Å². The molecule has 2 unspecified atom stereocenters. The lowest BCUT2D eigenvalue weighted by Gasteiger charge is -2.25. The van der Waals surface area contributed by atoms with Crippen LogP contribution in [0.25, 0.3) is 0 Å². The number of rotatable bonds is 7. The molecule has 1 aliphatic rings. The molecule has 1 heterocycles. The maximum absolute atomic E-state index is 12.6. The SMILES string of the molecule is CNC(=O)C1CCCN1C(=O)CNC(=O)C(NC(=O)c1cccc(C)c1)C(C)C. The Labute approximate surface area is 171 Å². The summed E-state index contributed by atoms with van der Waals surface area (Å²) in [5.41, 5.74) is 1.43. The van der Waals surface area contributed by atoms with Gasteiger partial charge in [-0.3, -0.25) is 19.2 Å². The summed E-state index contributed by atoms with van der Waals surface area (Å²) in [6, 6.07) is 5.84. The summed E-state index contributed by atoms with van der Waals surface area (Å²) in [7, 11) is 1.54. The van der Waals surface area contributed by atoms with Crippen molar-refractivity contribution in [2.24, 2.45) is 5.92 Å². The minimum absolute atomic E-state index is 0.163. The van der Waals surface area contributed by atoms with Crippen LogP contribution in [0.4, 0.5) is 0 Å². The number of carbonyl (C=O) groups is 4. The summed E-state index contributed by atoms with van der Waals surface area (Å²) in [6.07, 6.45) is 1.36. The zero-order valence-electron chi connectivity index (χ0n) is 17.5. The van der Waals surface area contributed by atoms with Gasteiger partial charge in [0, 0.05) is 19.2 Å². The molecule has 1 aromatic carbocycles. The summed E-state index contributed by atoms with van der Waals surface area (Å²) >= 11 is 0. The summed E-state index contributed by atoms with van der Waals surface area (Å²) in [5.74, 6) is -1.44. The molecule has 8 nitrogen and oxygen atoms in total. The lowest BCUT2D eigenvalue weighted by atomic mass is 10.0. The summed E-state index contributed by atoms with van der Waals surface area (Å²) in [4.78, 5) is 51.0. The van der Waals surface area contributed by atoms with Crippen molar-refractivity contribution in [3.63, 3.8) is 0 Å². The van der Waals surface area contributed by atoms with Gasteiger partial charge in [0.2, 0.25) is 17.7 Å². The van der Waals surface area contributed by atoms with Crippen LogP contribution in [0, 0.1) is 12.8 Å². The van der Waals surface area contributed by atoms with E-state index in [2.05, 4.69) is 16.0 Å². The van der Waals surface area contributed by atoms with E-state index < -0.39 is 18.0 Å². The van der Waals surface area contributed by atoms with Gasteiger partial charge in [-0.05, 0) is 37.8 Å². The topological polar surface area (TPSA) is 108 Å². The molecule has 2 rings (SSSR count). The Hall–Kier alpha value is -2.90. The van der Waals surface area contributed by atoms with E-state index in [4.69, 9.17) is 0 Å². The average Bonchev–Trinajstić information content (AvgIpc) is 3.18. The van der Waals surface area contributed by atoms with E-state index in [1.165, 1.54) is 11.9 Å². The average molecular weight is 402 g/mol. The Morgan fingerprint density at radius 1 is 1.21 bits per heavy atom. The minimum atomic E-state index is -0.774. The van der Waals surface area contributed by atoms with Crippen LogP contribution in [0.2, 0.25) is 0 Å². The molecule has 29 heavy (non-hydrogen) atoms. The van der Waals surface area contributed by atoms with Gasteiger partial charge in [0.15, 0.2) is 0 Å². The molecule has 3 N–H and O–H groups in total. The van der Waals surface area contributed by atoms with Gasteiger partial charge in [-0.15, -0.1) is 0 Å². The monoisotopic (exact) mass is 402 g/mol. The number of likely N-dealkylation sites (N-methyl/N-ethyl adjacent to an activating group) is 1. The molecule has 1 fully saturated rings. The standard InChI is InChI=1S/C21H30N4O4/c1-13(2)18(24-19(27)15-8-5-7-14(3)11-15)21(29)23-12-17(26)25-10-6-9-16(25)20(28)22-4/h5,7-8,11,13,16,18H,6,9-10,12H2,1-4H3,(H,22,28)(H,23,29)(H,24,27). The maximum Gasteiger partial charge on any atom is 0.251 e. The van der Waals surface area contributed by atoms with Crippen molar-refractivity contribution in [3.05, 3.63) is 35.4 Å². The summed E-state index contributed by atoms with van der Waals surface area (Å²) in [6.45, 7) is 5.81. The zero-order chi connectivity index (χ0) is 21.6. The second-order valence-corrected chi connectivity index (χ2v) is 7.64. The van der Waals surface area contributed by atoms with Crippen LogP contribution in [0.1, 0.15) is 42.6 Å². The van der Waals surface area contributed by atoms with Crippen molar-refractivity contribution in [1.82, 2.24) is 20.9 Å². The van der Waals surface area contributed by atoms with Crippen LogP contribution >= 0.6 is 0 Å². The molecule has 1 saturated heterocycles. The van der Waals surface area contributed by atoms with E-state index in [1.807, 2.05) is 26.8 Å². The number of likely N-dealkylation sites (tertiary alicyclic amines) is 1. The molecule has 0 aromatic heterocycles. The van der Waals surface area contributed by atoms with Gasteiger partial charge in [0.25, 0.3) is 5.91 Å². The van der Waals surface area contributed by atoms with Crippen molar-refractivity contribution in [2.75, 3.05) is 20.1 Å². The summed E-state index contributed by atoms with van der Waals surface area (Å²) in [5, 5.41) is 7.92. The number of nitrogens with zero attached hydrogens (tertiary/aromatic N) is 1. The van der Waals surface area contributed by atoms with E-state index in [9.17, 15) is 19.2 Å². The first-order chi connectivity index (χ1) is 13.7. The molecule has 0 bridgehead atoms. The molecule has 0 saturated carbocycles. The molecule has 0 radical (unpaired) electrons. The Morgan fingerprint density at radius 2 is 1.93 bits per heavy atom. The van der Waals surface area contributed by atoms with Gasteiger partial charge in [-0.1, -0.05) is 31.5 Å². The molecule has 1 aliphatic heterocycles. The van der Waals surface area contributed by atoms with Crippen molar-refractivity contribution in [2.45, 2.75) is 45.7 Å². The van der Waals surface area contributed by atoms with Crippen molar-refractivity contribution in [1.29, 1.82) is 0 Å². The van der Waals surface area contributed by atoms with Crippen molar-refractivity contribution in [3.8, 4) is 0 Å².